The lowest BCUT2D eigenvalue weighted by Gasteiger charge is -2.25. The molecule has 1 fully saturated rings. The Morgan fingerprint density at radius 1 is 1.25 bits per heavy atom. The molecule has 1 unspecified atom stereocenters. The number of rotatable bonds is 11. The summed E-state index contributed by atoms with van der Waals surface area (Å²) in [5, 5.41) is 3.57. The number of carbonyl (C=O) groups is 1. The predicted octanol–water partition coefficient (Wildman–Crippen LogP) is 2.57. The molecule has 0 saturated carbocycles. The van der Waals surface area contributed by atoms with Crippen molar-refractivity contribution in [3.63, 3.8) is 0 Å². The molecule has 0 radical (unpaired) electrons. The van der Waals surface area contributed by atoms with E-state index in [0.717, 1.165) is 19.4 Å². The average molecular weight is 284 g/mol. The van der Waals surface area contributed by atoms with Gasteiger partial charge in [-0.15, -0.1) is 0 Å². The molecule has 1 N–H and O–H groups in total. The number of hydrogen-bond donors (Lipinski definition) is 1. The number of carbonyl (C=O) groups excluding carboxylic acids is 1. The number of hydrogen-bond acceptors (Lipinski definition) is 4. The number of esters is 1. The molecule has 1 heterocycles. The molecule has 1 aliphatic rings. The topological polar surface area (TPSA) is 41.6 Å². The second-order valence-electron chi connectivity index (χ2n) is 5.71. The molecule has 0 aliphatic carbocycles. The molecule has 1 atom stereocenters. The monoisotopic (exact) mass is 284 g/mol. The van der Waals surface area contributed by atoms with Crippen LogP contribution < -0.4 is 5.32 Å². The lowest BCUT2D eigenvalue weighted by Crippen LogP contribution is -2.38. The van der Waals surface area contributed by atoms with E-state index in [9.17, 15) is 4.79 Å². The molecule has 4 nitrogen and oxygen atoms in total. The summed E-state index contributed by atoms with van der Waals surface area (Å²) in [5.74, 6) is -0.0481. The van der Waals surface area contributed by atoms with Crippen LogP contribution >= 0.6 is 0 Å². The van der Waals surface area contributed by atoms with Crippen molar-refractivity contribution in [1.29, 1.82) is 0 Å². The van der Waals surface area contributed by atoms with Crippen LogP contribution in [0.4, 0.5) is 0 Å². The molecule has 1 saturated heterocycles. The molecule has 0 bridgehead atoms. The molecular weight excluding hydrogens is 252 g/mol. The normalized spacial score (nSPS) is 18.6. The zero-order chi connectivity index (χ0) is 14.6. The van der Waals surface area contributed by atoms with Crippen molar-refractivity contribution in [2.24, 2.45) is 0 Å². The predicted molar refractivity (Wildman–Crippen MR) is 82.9 cm³/mol. The van der Waals surface area contributed by atoms with Crippen molar-refractivity contribution in [3.8, 4) is 0 Å². The van der Waals surface area contributed by atoms with E-state index in [0.29, 0.717) is 19.1 Å². The maximum Gasteiger partial charge on any atom is 0.305 e. The number of nitrogens with one attached hydrogen (secondary N) is 1. The fourth-order valence-corrected chi connectivity index (χ4v) is 2.85. The zero-order valence-corrected chi connectivity index (χ0v) is 13.3. The molecule has 0 aromatic carbocycles. The van der Waals surface area contributed by atoms with Crippen molar-refractivity contribution in [2.75, 3.05) is 32.8 Å². The summed E-state index contributed by atoms with van der Waals surface area (Å²) in [4.78, 5) is 13.8. The van der Waals surface area contributed by atoms with Gasteiger partial charge < -0.3 is 15.0 Å². The van der Waals surface area contributed by atoms with Gasteiger partial charge in [-0.25, -0.2) is 0 Å². The molecule has 0 aromatic rings. The summed E-state index contributed by atoms with van der Waals surface area (Å²) in [7, 11) is 0. The van der Waals surface area contributed by atoms with Gasteiger partial charge in [-0.2, -0.15) is 0 Å². The highest BCUT2D eigenvalue weighted by molar-refractivity contribution is 5.69. The lowest BCUT2D eigenvalue weighted by molar-refractivity contribution is -0.143. The van der Waals surface area contributed by atoms with Gasteiger partial charge in [-0.05, 0) is 58.7 Å². The van der Waals surface area contributed by atoms with Crippen LogP contribution in [0.3, 0.4) is 0 Å². The van der Waals surface area contributed by atoms with E-state index < -0.39 is 0 Å². The Morgan fingerprint density at radius 2 is 2.10 bits per heavy atom. The smallest absolute Gasteiger partial charge is 0.305 e. The first-order chi connectivity index (χ1) is 9.76. The van der Waals surface area contributed by atoms with Crippen molar-refractivity contribution in [3.05, 3.63) is 0 Å². The molecule has 20 heavy (non-hydrogen) atoms. The second kappa shape index (κ2) is 11.1. The maximum absolute atomic E-state index is 11.2. The van der Waals surface area contributed by atoms with Crippen molar-refractivity contribution < 1.29 is 9.53 Å². The van der Waals surface area contributed by atoms with Crippen LogP contribution in [0.25, 0.3) is 0 Å². The van der Waals surface area contributed by atoms with E-state index in [2.05, 4.69) is 17.1 Å². The van der Waals surface area contributed by atoms with E-state index in [-0.39, 0.29) is 5.97 Å². The summed E-state index contributed by atoms with van der Waals surface area (Å²) in [6.45, 7) is 9.33. The lowest BCUT2D eigenvalue weighted by atomic mass is 10.1. The highest BCUT2D eigenvalue weighted by Crippen LogP contribution is 2.09. The van der Waals surface area contributed by atoms with Gasteiger partial charge in [0.25, 0.3) is 0 Å². The summed E-state index contributed by atoms with van der Waals surface area (Å²) < 4.78 is 4.94. The van der Waals surface area contributed by atoms with Gasteiger partial charge in [0, 0.05) is 19.0 Å². The van der Waals surface area contributed by atoms with E-state index in [1.54, 1.807) is 0 Å². The minimum atomic E-state index is -0.0481. The Bertz CT molecular complexity index is 253. The van der Waals surface area contributed by atoms with Gasteiger partial charge in [-0.1, -0.05) is 13.3 Å². The second-order valence-corrected chi connectivity index (χ2v) is 5.71. The Labute approximate surface area is 124 Å². The van der Waals surface area contributed by atoms with E-state index in [4.69, 9.17) is 4.74 Å². The van der Waals surface area contributed by atoms with Crippen LogP contribution in [0.15, 0.2) is 0 Å². The molecule has 0 spiro atoms. The largest absolute Gasteiger partial charge is 0.466 e. The van der Waals surface area contributed by atoms with E-state index in [1.807, 2.05) is 6.92 Å². The van der Waals surface area contributed by atoms with Crippen LogP contribution in [-0.2, 0) is 9.53 Å². The fraction of sp³-hybridized carbons (Fsp3) is 0.938. The van der Waals surface area contributed by atoms with E-state index in [1.165, 1.54) is 45.3 Å². The highest BCUT2D eigenvalue weighted by Gasteiger charge is 2.17. The quantitative estimate of drug-likeness (QED) is 0.468. The maximum atomic E-state index is 11.2. The van der Waals surface area contributed by atoms with Gasteiger partial charge in [0.05, 0.1) is 6.61 Å². The van der Waals surface area contributed by atoms with Crippen molar-refractivity contribution in [1.82, 2.24) is 10.2 Å². The Morgan fingerprint density at radius 3 is 2.75 bits per heavy atom. The van der Waals surface area contributed by atoms with Gasteiger partial charge in [-0.3, -0.25) is 4.79 Å². The summed E-state index contributed by atoms with van der Waals surface area (Å²) >= 11 is 0. The fourth-order valence-electron chi connectivity index (χ4n) is 2.85. The Hall–Kier alpha value is -0.610. The minimum Gasteiger partial charge on any atom is -0.466 e. The van der Waals surface area contributed by atoms with Gasteiger partial charge >= 0.3 is 5.97 Å². The van der Waals surface area contributed by atoms with Crippen LogP contribution in [0.2, 0.25) is 0 Å². The average Bonchev–Trinajstić information content (AvgIpc) is 2.91. The summed E-state index contributed by atoms with van der Waals surface area (Å²) in [6.07, 6.45) is 7.71. The Kier molecular flexibility index (Phi) is 9.67. The first kappa shape index (κ1) is 17.4. The van der Waals surface area contributed by atoms with Crippen LogP contribution in [0.5, 0.6) is 0 Å². The standard InChI is InChI=1S/C16H32N2O2/c1-3-12-18(14-15-9-8-11-17-15)13-7-5-6-10-16(19)20-4-2/h15,17H,3-14H2,1-2H3. The number of nitrogens with zero attached hydrogens (tertiary/aromatic N) is 1. The minimum absolute atomic E-state index is 0.0481. The molecule has 0 amide bonds. The number of unbranched alkanes of at least 4 members (excludes halogenated alkanes) is 2. The first-order valence-corrected chi connectivity index (χ1v) is 8.37. The third kappa shape index (κ3) is 7.85. The highest BCUT2D eigenvalue weighted by atomic mass is 16.5. The summed E-state index contributed by atoms with van der Waals surface area (Å²) in [5.41, 5.74) is 0. The third-order valence-corrected chi connectivity index (χ3v) is 3.84. The molecule has 1 rings (SSSR count). The summed E-state index contributed by atoms with van der Waals surface area (Å²) in [6, 6.07) is 0.695. The van der Waals surface area contributed by atoms with Crippen molar-refractivity contribution >= 4 is 5.97 Å². The molecule has 118 valence electrons. The van der Waals surface area contributed by atoms with Crippen LogP contribution in [0, 0.1) is 0 Å². The zero-order valence-electron chi connectivity index (χ0n) is 13.3. The van der Waals surface area contributed by atoms with Crippen LogP contribution in [-0.4, -0.2) is 49.7 Å². The van der Waals surface area contributed by atoms with Crippen LogP contribution in [0.1, 0.15) is 58.8 Å². The molecule has 0 aromatic heterocycles. The van der Waals surface area contributed by atoms with Crippen molar-refractivity contribution in [2.45, 2.75) is 64.8 Å². The third-order valence-electron chi connectivity index (χ3n) is 3.84. The van der Waals surface area contributed by atoms with E-state index >= 15 is 0 Å². The number of ether oxygens (including phenoxy) is 1. The van der Waals surface area contributed by atoms with Gasteiger partial charge in [0.15, 0.2) is 0 Å². The molecular formula is C16H32N2O2. The molecule has 1 aliphatic heterocycles. The SMILES string of the molecule is CCCN(CCCCCC(=O)OCC)CC1CCCN1. The van der Waals surface area contributed by atoms with Gasteiger partial charge in [0.1, 0.15) is 0 Å². The Balaban J connectivity index is 2.07. The first-order valence-electron chi connectivity index (χ1n) is 8.37. The van der Waals surface area contributed by atoms with Gasteiger partial charge in [0.2, 0.25) is 0 Å². The molecule has 4 heteroatoms.